The highest BCUT2D eigenvalue weighted by atomic mass is 16.3. The Kier molecular flexibility index (Phi) is 8.76. The van der Waals surface area contributed by atoms with Gasteiger partial charge in [0.15, 0.2) is 0 Å². The molecular formula is C18H29NO2. The highest BCUT2D eigenvalue weighted by molar-refractivity contribution is 5.76. The maximum atomic E-state index is 12.0. The van der Waals surface area contributed by atoms with Crippen LogP contribution in [0.15, 0.2) is 37.0 Å². The Morgan fingerprint density at radius 3 is 2.52 bits per heavy atom. The van der Waals surface area contributed by atoms with Crippen LogP contribution in [0.2, 0.25) is 0 Å². The molecule has 1 heterocycles. The molecule has 3 heteroatoms. The van der Waals surface area contributed by atoms with Gasteiger partial charge in [-0.05, 0) is 37.7 Å². The number of unbranched alkanes of at least 4 members (excludes halogenated alkanes) is 3. The minimum Gasteiger partial charge on any atom is -0.391 e. The van der Waals surface area contributed by atoms with Crippen LogP contribution in [0, 0.1) is 0 Å². The summed E-state index contributed by atoms with van der Waals surface area (Å²) in [6, 6.07) is 0. The van der Waals surface area contributed by atoms with Crippen LogP contribution in [0.1, 0.15) is 51.4 Å². The molecule has 0 spiro atoms. The predicted octanol–water partition coefficient (Wildman–Crippen LogP) is 3.61. The van der Waals surface area contributed by atoms with E-state index < -0.39 is 0 Å². The minimum atomic E-state index is -0.323. The summed E-state index contributed by atoms with van der Waals surface area (Å²) in [5.74, 6) is 0.201. The van der Waals surface area contributed by atoms with E-state index >= 15 is 0 Å². The molecule has 0 aliphatic carbocycles. The second-order valence-corrected chi connectivity index (χ2v) is 5.73. The third-order valence-corrected chi connectivity index (χ3v) is 3.95. The molecule has 1 amide bonds. The van der Waals surface area contributed by atoms with Crippen molar-refractivity contribution in [3.63, 3.8) is 0 Å². The van der Waals surface area contributed by atoms with Crippen LogP contribution in [0.25, 0.3) is 0 Å². The van der Waals surface area contributed by atoms with Gasteiger partial charge in [0.05, 0.1) is 6.10 Å². The van der Waals surface area contributed by atoms with E-state index in [2.05, 4.69) is 13.2 Å². The number of aliphatic hydroxyl groups is 1. The summed E-state index contributed by atoms with van der Waals surface area (Å²) in [6.45, 7) is 8.81. The van der Waals surface area contributed by atoms with Gasteiger partial charge in [-0.3, -0.25) is 4.79 Å². The predicted molar refractivity (Wildman–Crippen MR) is 88.0 cm³/mol. The molecule has 1 aliphatic heterocycles. The van der Waals surface area contributed by atoms with E-state index in [1.807, 2.05) is 17.1 Å². The molecule has 0 bridgehead atoms. The molecule has 1 atom stereocenters. The number of likely N-dealkylation sites (tertiary alicyclic amines) is 1. The Hall–Kier alpha value is -1.35. The average molecular weight is 291 g/mol. The number of aliphatic hydroxyl groups excluding tert-OH is 1. The van der Waals surface area contributed by atoms with Gasteiger partial charge in [0, 0.05) is 19.5 Å². The van der Waals surface area contributed by atoms with Crippen molar-refractivity contribution in [1.82, 2.24) is 4.90 Å². The molecule has 1 N–H and O–H groups in total. The van der Waals surface area contributed by atoms with Crippen molar-refractivity contribution in [2.24, 2.45) is 0 Å². The third kappa shape index (κ3) is 7.28. The number of amides is 1. The molecule has 1 fully saturated rings. The highest BCUT2D eigenvalue weighted by Crippen LogP contribution is 2.14. The van der Waals surface area contributed by atoms with Crippen LogP contribution in [0.3, 0.4) is 0 Å². The molecule has 0 saturated carbocycles. The smallest absolute Gasteiger partial charge is 0.222 e. The van der Waals surface area contributed by atoms with Gasteiger partial charge in [0.2, 0.25) is 5.91 Å². The van der Waals surface area contributed by atoms with E-state index in [1.54, 1.807) is 6.08 Å². The second-order valence-electron chi connectivity index (χ2n) is 5.73. The van der Waals surface area contributed by atoms with Crippen LogP contribution < -0.4 is 0 Å². The van der Waals surface area contributed by atoms with E-state index in [9.17, 15) is 9.90 Å². The molecule has 1 saturated heterocycles. The first kappa shape index (κ1) is 17.7. The number of piperidine rings is 1. The normalized spacial score (nSPS) is 19.4. The molecule has 0 radical (unpaired) electrons. The highest BCUT2D eigenvalue weighted by Gasteiger charge is 2.21. The van der Waals surface area contributed by atoms with Crippen LogP contribution >= 0.6 is 0 Å². The molecule has 0 aromatic carbocycles. The maximum Gasteiger partial charge on any atom is 0.222 e. The lowest BCUT2D eigenvalue weighted by Crippen LogP contribution is -2.42. The number of nitrogens with zero attached hydrogens (tertiary/aromatic N) is 1. The first-order valence-corrected chi connectivity index (χ1v) is 8.07. The van der Waals surface area contributed by atoms with Gasteiger partial charge in [-0.15, -0.1) is 0 Å². The summed E-state index contributed by atoms with van der Waals surface area (Å²) < 4.78 is 0. The quantitative estimate of drug-likeness (QED) is 0.521. The fourth-order valence-electron chi connectivity index (χ4n) is 2.70. The van der Waals surface area contributed by atoms with Crippen molar-refractivity contribution in [1.29, 1.82) is 0 Å². The van der Waals surface area contributed by atoms with Crippen molar-refractivity contribution in [2.45, 2.75) is 57.5 Å². The Labute approximate surface area is 129 Å². The lowest BCUT2D eigenvalue weighted by Gasteiger charge is -2.30. The van der Waals surface area contributed by atoms with Gasteiger partial charge in [-0.25, -0.2) is 0 Å². The summed E-state index contributed by atoms with van der Waals surface area (Å²) in [5.41, 5.74) is 1.23. The van der Waals surface area contributed by atoms with Gasteiger partial charge in [-0.2, -0.15) is 0 Å². The number of hydrogen-bond donors (Lipinski definition) is 1. The Morgan fingerprint density at radius 1 is 1.19 bits per heavy atom. The minimum absolute atomic E-state index is 0.201. The van der Waals surface area contributed by atoms with E-state index in [-0.39, 0.29) is 12.0 Å². The van der Waals surface area contributed by atoms with Gasteiger partial charge in [-0.1, -0.05) is 44.2 Å². The standard InChI is InChI=1S/C18H29NO2/c1-3-10-16(4-2)11-7-5-6-8-13-18(21)19-14-9-12-17(20)15-19/h3-4,10,17,20H,1-2,5-9,11-15H2/b16-10+. The fraction of sp³-hybridized carbons (Fsp3) is 0.611. The maximum absolute atomic E-state index is 12.0. The SMILES string of the molecule is C=C/C=C(\C=C)CCCCCCC(=O)N1CCCC(O)C1. The number of β-amino-alcohol motifs (C(OH)–C–C–N with tert-alkyl or cyclic N) is 1. The zero-order valence-electron chi connectivity index (χ0n) is 13.1. The van der Waals surface area contributed by atoms with Crippen molar-refractivity contribution in [3.8, 4) is 0 Å². The molecule has 1 unspecified atom stereocenters. The van der Waals surface area contributed by atoms with Crippen molar-refractivity contribution >= 4 is 5.91 Å². The molecule has 0 aromatic heterocycles. The van der Waals surface area contributed by atoms with Crippen molar-refractivity contribution in [2.75, 3.05) is 13.1 Å². The van der Waals surface area contributed by atoms with Crippen molar-refractivity contribution < 1.29 is 9.90 Å². The summed E-state index contributed by atoms with van der Waals surface area (Å²) in [7, 11) is 0. The monoisotopic (exact) mass is 291 g/mol. The molecule has 1 rings (SSSR count). The van der Waals surface area contributed by atoms with Gasteiger partial charge >= 0.3 is 0 Å². The lowest BCUT2D eigenvalue weighted by molar-refractivity contribution is -0.134. The van der Waals surface area contributed by atoms with Crippen LogP contribution in [-0.4, -0.2) is 35.1 Å². The van der Waals surface area contributed by atoms with Crippen LogP contribution in [0.4, 0.5) is 0 Å². The van der Waals surface area contributed by atoms with Crippen molar-refractivity contribution in [3.05, 3.63) is 37.0 Å². The zero-order chi connectivity index (χ0) is 15.5. The summed E-state index contributed by atoms with van der Waals surface area (Å²) in [4.78, 5) is 13.8. The number of carbonyl (C=O) groups excluding carboxylic acids is 1. The van der Waals surface area contributed by atoms with Gasteiger partial charge in [0.25, 0.3) is 0 Å². The first-order valence-electron chi connectivity index (χ1n) is 8.07. The topological polar surface area (TPSA) is 40.5 Å². The number of rotatable bonds is 9. The molecule has 118 valence electrons. The average Bonchev–Trinajstić information content (AvgIpc) is 2.49. The van der Waals surface area contributed by atoms with E-state index in [0.717, 1.165) is 51.5 Å². The Balaban J connectivity index is 2.08. The third-order valence-electron chi connectivity index (χ3n) is 3.95. The van der Waals surface area contributed by atoms with Gasteiger partial charge in [0.1, 0.15) is 0 Å². The largest absolute Gasteiger partial charge is 0.391 e. The number of hydrogen-bond acceptors (Lipinski definition) is 2. The molecule has 21 heavy (non-hydrogen) atoms. The lowest BCUT2D eigenvalue weighted by atomic mass is 10.0. The first-order chi connectivity index (χ1) is 10.2. The molecule has 1 aliphatic rings. The second kappa shape index (κ2) is 10.4. The molecule has 0 aromatic rings. The Morgan fingerprint density at radius 2 is 1.90 bits per heavy atom. The molecule has 3 nitrogen and oxygen atoms in total. The summed E-state index contributed by atoms with van der Waals surface area (Å²) in [6.07, 6.45) is 13.0. The number of allylic oxidation sites excluding steroid dienone is 4. The van der Waals surface area contributed by atoms with Crippen LogP contribution in [0.5, 0.6) is 0 Å². The summed E-state index contributed by atoms with van der Waals surface area (Å²) >= 11 is 0. The van der Waals surface area contributed by atoms with E-state index in [0.29, 0.717) is 13.0 Å². The van der Waals surface area contributed by atoms with E-state index in [4.69, 9.17) is 0 Å². The summed E-state index contributed by atoms with van der Waals surface area (Å²) in [5, 5.41) is 9.57. The van der Waals surface area contributed by atoms with Crippen LogP contribution in [-0.2, 0) is 4.79 Å². The van der Waals surface area contributed by atoms with E-state index in [1.165, 1.54) is 5.57 Å². The zero-order valence-corrected chi connectivity index (χ0v) is 13.1. The fourth-order valence-corrected chi connectivity index (χ4v) is 2.70. The van der Waals surface area contributed by atoms with Gasteiger partial charge < -0.3 is 10.0 Å². The Bertz CT molecular complexity index is 373. The number of carbonyl (C=O) groups is 1. The molecular weight excluding hydrogens is 262 g/mol.